The smallest absolute Gasteiger partial charge is 0.379 e. The van der Waals surface area contributed by atoms with Gasteiger partial charge in [-0.3, -0.25) is 0 Å². The summed E-state index contributed by atoms with van der Waals surface area (Å²) >= 11 is 0. The molecule has 0 aromatic heterocycles. The molecule has 4 nitrogen and oxygen atoms in total. The minimum absolute atomic E-state index is 0.281. The van der Waals surface area contributed by atoms with Gasteiger partial charge >= 0.3 is 5.51 Å². The lowest BCUT2D eigenvalue weighted by Crippen LogP contribution is -2.29. The first-order chi connectivity index (χ1) is 9.63. The van der Waals surface area contributed by atoms with Crippen molar-refractivity contribution in [3.05, 3.63) is 24.0 Å². The summed E-state index contributed by atoms with van der Waals surface area (Å²) in [5.74, 6) is -1.06. The maximum Gasteiger partial charge on any atom is 0.501 e. The molecular formula is C12H13F4NO3S. The molecule has 2 unspecified atom stereocenters. The SMILES string of the molecule is CC1OCCC1Nc1ccc(F)cc1S(=O)(=O)C(F)(F)F. The molecule has 2 rings (SSSR count). The molecule has 1 aromatic rings. The molecule has 21 heavy (non-hydrogen) atoms. The molecule has 0 amide bonds. The summed E-state index contributed by atoms with van der Waals surface area (Å²) in [4.78, 5) is -1.12. The standard InChI is InChI=1S/C12H13F4NO3S/c1-7-9(4-5-20-7)17-10-3-2-8(13)6-11(10)21(18,19)12(14,15)16/h2-3,6-7,9,17H,4-5H2,1H3. The Morgan fingerprint density at radius 2 is 2.00 bits per heavy atom. The number of hydrogen-bond donors (Lipinski definition) is 1. The van der Waals surface area contributed by atoms with Crippen molar-refractivity contribution >= 4 is 15.5 Å². The third-order valence-corrected chi connectivity index (χ3v) is 4.78. The van der Waals surface area contributed by atoms with Crippen molar-refractivity contribution < 1.29 is 30.7 Å². The van der Waals surface area contributed by atoms with E-state index in [1.807, 2.05) is 0 Å². The van der Waals surface area contributed by atoms with E-state index in [0.29, 0.717) is 19.1 Å². The summed E-state index contributed by atoms with van der Waals surface area (Å²) in [7, 11) is -5.63. The van der Waals surface area contributed by atoms with E-state index in [1.54, 1.807) is 6.92 Å². The number of sulfone groups is 1. The number of alkyl halides is 3. The minimum Gasteiger partial charge on any atom is -0.379 e. The number of rotatable bonds is 3. The molecule has 118 valence electrons. The highest BCUT2D eigenvalue weighted by atomic mass is 32.2. The van der Waals surface area contributed by atoms with Crippen molar-refractivity contribution in [2.45, 2.75) is 35.9 Å². The van der Waals surface area contributed by atoms with Gasteiger partial charge in [-0.25, -0.2) is 12.8 Å². The normalized spacial score (nSPS) is 23.3. The number of benzene rings is 1. The van der Waals surface area contributed by atoms with E-state index in [-0.39, 0.29) is 17.8 Å². The lowest BCUT2D eigenvalue weighted by atomic mass is 10.1. The van der Waals surface area contributed by atoms with Crippen LogP contribution < -0.4 is 5.32 Å². The van der Waals surface area contributed by atoms with Crippen LogP contribution in [-0.2, 0) is 14.6 Å². The van der Waals surface area contributed by atoms with E-state index in [0.717, 1.165) is 12.1 Å². The maximum atomic E-state index is 13.2. The summed E-state index contributed by atoms with van der Waals surface area (Å²) in [6.07, 6.45) is 0.237. The van der Waals surface area contributed by atoms with Crippen molar-refractivity contribution in [3.8, 4) is 0 Å². The molecule has 1 fully saturated rings. The Balaban J connectivity index is 2.43. The van der Waals surface area contributed by atoms with Crippen LogP contribution in [0.4, 0.5) is 23.2 Å². The van der Waals surface area contributed by atoms with E-state index >= 15 is 0 Å². The topological polar surface area (TPSA) is 55.4 Å². The first-order valence-electron chi connectivity index (χ1n) is 6.12. The van der Waals surface area contributed by atoms with E-state index < -0.39 is 26.1 Å². The molecule has 2 atom stereocenters. The molecule has 0 spiro atoms. The zero-order valence-corrected chi connectivity index (χ0v) is 11.8. The first kappa shape index (κ1) is 16.0. The third-order valence-electron chi connectivity index (χ3n) is 3.26. The van der Waals surface area contributed by atoms with Crippen LogP contribution in [0.2, 0.25) is 0 Å². The molecule has 1 heterocycles. The van der Waals surface area contributed by atoms with Crippen LogP contribution in [0, 0.1) is 5.82 Å². The number of hydrogen-bond acceptors (Lipinski definition) is 4. The molecule has 0 bridgehead atoms. The predicted octanol–water partition coefficient (Wildman–Crippen LogP) is 2.71. The Labute approximate surface area is 119 Å². The summed E-state index contributed by atoms with van der Waals surface area (Å²) in [6, 6.07) is 1.92. The van der Waals surface area contributed by atoms with Crippen molar-refractivity contribution in [1.29, 1.82) is 0 Å². The molecule has 1 aromatic carbocycles. The number of halogens is 4. The zero-order chi connectivity index (χ0) is 15.8. The highest BCUT2D eigenvalue weighted by Gasteiger charge is 2.48. The van der Waals surface area contributed by atoms with Gasteiger partial charge in [-0.05, 0) is 31.5 Å². The van der Waals surface area contributed by atoms with Gasteiger partial charge in [0.1, 0.15) is 10.7 Å². The van der Waals surface area contributed by atoms with Crippen LogP contribution in [0.5, 0.6) is 0 Å². The molecule has 9 heteroatoms. The molecule has 0 aliphatic carbocycles. The number of ether oxygens (including phenoxy) is 1. The minimum atomic E-state index is -5.63. The summed E-state index contributed by atoms with van der Waals surface area (Å²) in [5, 5.41) is 2.69. The second-order valence-electron chi connectivity index (χ2n) is 4.71. The highest BCUT2D eigenvalue weighted by molar-refractivity contribution is 7.92. The summed E-state index contributed by atoms with van der Waals surface area (Å²) in [6.45, 7) is 2.13. The average molecular weight is 327 g/mol. The van der Waals surface area contributed by atoms with Gasteiger partial charge in [0, 0.05) is 6.61 Å². The zero-order valence-electron chi connectivity index (χ0n) is 10.9. The van der Waals surface area contributed by atoms with Crippen molar-refractivity contribution in [1.82, 2.24) is 0 Å². The van der Waals surface area contributed by atoms with Gasteiger partial charge in [0.2, 0.25) is 0 Å². The number of nitrogens with one attached hydrogen (secondary N) is 1. The van der Waals surface area contributed by atoms with Gasteiger partial charge < -0.3 is 10.1 Å². The Bertz CT molecular complexity index is 630. The van der Waals surface area contributed by atoms with Crippen LogP contribution in [-0.4, -0.2) is 32.7 Å². The van der Waals surface area contributed by atoms with Crippen LogP contribution >= 0.6 is 0 Å². The van der Waals surface area contributed by atoms with Gasteiger partial charge in [0.25, 0.3) is 9.84 Å². The average Bonchev–Trinajstić information content (AvgIpc) is 2.76. The predicted molar refractivity (Wildman–Crippen MR) is 67.1 cm³/mol. The fourth-order valence-corrected chi connectivity index (χ4v) is 3.02. The van der Waals surface area contributed by atoms with Crippen molar-refractivity contribution in [2.24, 2.45) is 0 Å². The maximum absolute atomic E-state index is 13.2. The Morgan fingerprint density at radius 3 is 2.52 bits per heavy atom. The molecule has 1 N–H and O–H groups in total. The van der Waals surface area contributed by atoms with E-state index in [1.165, 1.54) is 0 Å². The van der Waals surface area contributed by atoms with Gasteiger partial charge in [0.05, 0.1) is 17.8 Å². The van der Waals surface area contributed by atoms with Gasteiger partial charge in [-0.2, -0.15) is 13.2 Å². The molecule has 1 saturated heterocycles. The van der Waals surface area contributed by atoms with Crippen LogP contribution in [0.3, 0.4) is 0 Å². The molecule has 0 radical (unpaired) electrons. The molecular weight excluding hydrogens is 314 g/mol. The largest absolute Gasteiger partial charge is 0.501 e. The van der Waals surface area contributed by atoms with E-state index in [4.69, 9.17) is 4.74 Å². The molecule has 0 saturated carbocycles. The van der Waals surface area contributed by atoms with E-state index in [9.17, 15) is 26.0 Å². The Morgan fingerprint density at radius 1 is 1.33 bits per heavy atom. The summed E-state index contributed by atoms with van der Waals surface area (Å²) in [5.41, 5.74) is -5.77. The second kappa shape index (κ2) is 5.45. The van der Waals surface area contributed by atoms with Gasteiger partial charge in [-0.1, -0.05) is 0 Å². The van der Waals surface area contributed by atoms with Gasteiger partial charge in [0.15, 0.2) is 0 Å². The Hall–Kier alpha value is -1.35. The highest BCUT2D eigenvalue weighted by Crippen LogP contribution is 2.35. The van der Waals surface area contributed by atoms with Crippen LogP contribution in [0.25, 0.3) is 0 Å². The van der Waals surface area contributed by atoms with E-state index in [2.05, 4.69) is 5.32 Å². The second-order valence-corrected chi connectivity index (χ2v) is 6.61. The van der Waals surface area contributed by atoms with Crippen molar-refractivity contribution in [3.63, 3.8) is 0 Å². The Kier molecular flexibility index (Phi) is 4.16. The first-order valence-corrected chi connectivity index (χ1v) is 7.60. The fourth-order valence-electron chi connectivity index (χ4n) is 2.08. The quantitative estimate of drug-likeness (QED) is 0.868. The van der Waals surface area contributed by atoms with Crippen molar-refractivity contribution in [2.75, 3.05) is 11.9 Å². The molecule has 1 aliphatic heterocycles. The number of anilines is 1. The summed E-state index contributed by atoms with van der Waals surface area (Å²) < 4.78 is 79.4. The lowest BCUT2D eigenvalue weighted by Gasteiger charge is -2.20. The fraction of sp³-hybridized carbons (Fsp3) is 0.500. The lowest BCUT2D eigenvalue weighted by molar-refractivity contribution is -0.0435. The van der Waals surface area contributed by atoms with Gasteiger partial charge in [-0.15, -0.1) is 0 Å². The monoisotopic (exact) mass is 327 g/mol. The van der Waals surface area contributed by atoms with Crippen LogP contribution in [0.1, 0.15) is 13.3 Å². The molecule has 1 aliphatic rings. The third kappa shape index (κ3) is 3.13. The van der Waals surface area contributed by atoms with Crippen LogP contribution in [0.15, 0.2) is 23.1 Å².